The van der Waals surface area contributed by atoms with Crippen LogP contribution in [-0.2, 0) is 23.5 Å². The molecule has 4 rings (SSSR count). The summed E-state index contributed by atoms with van der Waals surface area (Å²) in [5.74, 6) is 0. The van der Waals surface area contributed by atoms with Crippen LogP contribution in [0.4, 0.5) is 4.79 Å². The Kier molecular flexibility index (Phi) is 10.7. The minimum absolute atomic E-state index is 1.28. The van der Waals surface area contributed by atoms with E-state index in [4.69, 9.17) is 15.0 Å². The van der Waals surface area contributed by atoms with E-state index in [-0.39, 0.29) is 0 Å². The van der Waals surface area contributed by atoms with E-state index in [2.05, 4.69) is 97.1 Å². The van der Waals surface area contributed by atoms with Gasteiger partial charge in [-0.1, -0.05) is 72.8 Å². The van der Waals surface area contributed by atoms with E-state index in [0.29, 0.717) is 0 Å². The Morgan fingerprint density at radius 1 is 0.433 bits per heavy atom. The molecule has 4 aromatic rings. The predicted octanol–water partition coefficient (Wildman–Crippen LogP) is 3.39. The molecule has 152 valence electrons. The van der Waals surface area contributed by atoms with E-state index in [0.717, 1.165) is 0 Å². The number of benzene rings is 4. The molecular formula is C25H22O3S2. The normalized spacial score (nSPS) is 9.33. The lowest BCUT2D eigenvalue weighted by atomic mass is 10.4. The van der Waals surface area contributed by atoms with Crippen LogP contribution in [0.3, 0.4) is 0 Å². The first kappa shape index (κ1) is 23.1. The van der Waals surface area contributed by atoms with Crippen molar-refractivity contribution in [3.05, 3.63) is 121 Å². The molecule has 0 aromatic heterocycles. The molecule has 0 saturated carbocycles. The summed E-state index contributed by atoms with van der Waals surface area (Å²) in [7, 11) is 0. The molecule has 4 aromatic carbocycles. The minimum Gasteiger partial charge on any atom is -0.652 e. The SMILES string of the molecule is O=C([O-])[O-].c1ccc([SH+]c2ccccc2)cc1.c1ccc([SH+]c2ccccc2)cc1. The summed E-state index contributed by atoms with van der Waals surface area (Å²) in [5.41, 5.74) is 0. The van der Waals surface area contributed by atoms with Crippen LogP contribution < -0.4 is 10.2 Å². The monoisotopic (exact) mass is 434 g/mol. The standard InChI is InChI=1S/2C12H10S.CH2O3/c2*1-3-7-11(8-4-1)13-12-9-5-2-6-10-12;2-1(3)4/h2*1-10H;(H2,2,3,4). The Hall–Kier alpha value is -3.15. The second kappa shape index (κ2) is 13.9. The molecule has 3 nitrogen and oxygen atoms in total. The molecule has 0 unspecified atom stereocenters. The maximum Gasteiger partial charge on any atom is 0.158 e. The van der Waals surface area contributed by atoms with Crippen LogP contribution in [0.1, 0.15) is 0 Å². The average molecular weight is 435 g/mol. The van der Waals surface area contributed by atoms with Gasteiger partial charge in [-0.2, -0.15) is 0 Å². The van der Waals surface area contributed by atoms with Gasteiger partial charge in [0.05, 0.1) is 0 Å². The summed E-state index contributed by atoms with van der Waals surface area (Å²) in [6.45, 7) is 0. The molecule has 0 aliphatic carbocycles. The third-order valence-electron chi connectivity index (χ3n) is 3.54. The van der Waals surface area contributed by atoms with Crippen molar-refractivity contribution in [1.82, 2.24) is 0 Å². The van der Waals surface area contributed by atoms with Gasteiger partial charge in [-0.25, -0.2) is 0 Å². The average Bonchev–Trinajstić information content (AvgIpc) is 2.77. The fourth-order valence-corrected chi connectivity index (χ4v) is 4.19. The maximum absolute atomic E-state index is 8.33. The molecule has 5 heteroatoms. The first-order valence-corrected chi connectivity index (χ1v) is 10.9. The molecule has 0 aliphatic heterocycles. The van der Waals surface area contributed by atoms with E-state index < -0.39 is 6.16 Å². The molecule has 0 spiro atoms. The number of hydrogen-bond acceptors (Lipinski definition) is 3. The quantitative estimate of drug-likeness (QED) is 0.365. The summed E-state index contributed by atoms with van der Waals surface area (Å²) < 4.78 is 0. The van der Waals surface area contributed by atoms with Crippen molar-refractivity contribution in [3.63, 3.8) is 0 Å². The molecule has 0 saturated heterocycles. The Balaban J connectivity index is 0.000000182. The van der Waals surface area contributed by atoms with E-state index in [9.17, 15) is 0 Å². The lowest BCUT2D eigenvalue weighted by Crippen LogP contribution is -2.37. The summed E-state index contributed by atoms with van der Waals surface area (Å²) in [5, 5.41) is 16.7. The third-order valence-corrected chi connectivity index (χ3v) is 5.77. The van der Waals surface area contributed by atoms with Crippen molar-refractivity contribution in [1.29, 1.82) is 0 Å². The van der Waals surface area contributed by atoms with Crippen LogP contribution in [0.25, 0.3) is 0 Å². The molecule has 0 atom stereocenters. The Morgan fingerprint density at radius 3 is 0.767 bits per heavy atom. The van der Waals surface area contributed by atoms with Crippen LogP contribution >= 0.6 is 0 Å². The van der Waals surface area contributed by atoms with Crippen molar-refractivity contribution in [3.8, 4) is 0 Å². The fourth-order valence-electron chi connectivity index (χ4n) is 2.31. The second-order valence-electron chi connectivity index (χ2n) is 5.82. The van der Waals surface area contributed by atoms with Gasteiger partial charge in [-0.3, -0.25) is 0 Å². The van der Waals surface area contributed by atoms with E-state index in [1.54, 1.807) is 0 Å². The van der Waals surface area contributed by atoms with Crippen molar-refractivity contribution in [2.24, 2.45) is 0 Å². The molecule has 30 heavy (non-hydrogen) atoms. The first-order valence-electron chi connectivity index (χ1n) is 9.15. The van der Waals surface area contributed by atoms with E-state index in [1.165, 1.54) is 43.1 Å². The van der Waals surface area contributed by atoms with E-state index >= 15 is 0 Å². The van der Waals surface area contributed by atoms with Gasteiger partial charge >= 0.3 is 0 Å². The topological polar surface area (TPSA) is 63.2 Å². The number of rotatable bonds is 4. The third kappa shape index (κ3) is 10.4. The first-order chi connectivity index (χ1) is 14.6. The molecule has 0 radical (unpaired) electrons. The van der Waals surface area contributed by atoms with Gasteiger partial charge in [0.15, 0.2) is 19.6 Å². The van der Waals surface area contributed by atoms with E-state index in [1.807, 2.05) is 24.3 Å². The van der Waals surface area contributed by atoms with Crippen molar-refractivity contribution in [2.45, 2.75) is 19.6 Å². The molecule has 0 aliphatic rings. The van der Waals surface area contributed by atoms with Crippen molar-refractivity contribution in [2.75, 3.05) is 0 Å². The summed E-state index contributed by atoms with van der Waals surface area (Å²) in [6, 6.07) is 42.0. The highest BCUT2D eigenvalue weighted by Gasteiger charge is 2.04. The highest BCUT2D eigenvalue weighted by atomic mass is 32.2. The number of carbonyl (C=O) groups excluding carboxylic acids is 1. The zero-order valence-electron chi connectivity index (χ0n) is 16.2. The largest absolute Gasteiger partial charge is 0.652 e. The maximum atomic E-state index is 8.33. The van der Waals surface area contributed by atoms with Gasteiger partial charge < -0.3 is 15.0 Å². The zero-order chi connectivity index (χ0) is 21.4. The molecule has 0 fully saturated rings. The molecule has 0 amide bonds. The zero-order valence-corrected chi connectivity index (χ0v) is 18.0. The number of carbonyl (C=O) groups is 1. The van der Waals surface area contributed by atoms with Crippen LogP contribution in [0.5, 0.6) is 0 Å². The van der Waals surface area contributed by atoms with Crippen molar-refractivity contribution < 1.29 is 15.0 Å². The van der Waals surface area contributed by atoms with Gasteiger partial charge in [-0.05, 0) is 54.7 Å². The Bertz CT molecular complexity index is 808. The highest BCUT2D eigenvalue weighted by molar-refractivity contribution is 7.78. The number of carboxylic acid groups (broad SMARTS) is 2. The van der Waals surface area contributed by atoms with Crippen LogP contribution in [-0.4, -0.2) is 6.16 Å². The minimum atomic E-state index is -2.33. The Morgan fingerprint density at radius 2 is 0.600 bits per heavy atom. The molecule has 0 N–H and O–H groups in total. The van der Waals surface area contributed by atoms with Crippen molar-refractivity contribution >= 4 is 29.7 Å². The lowest BCUT2D eigenvalue weighted by Gasteiger charge is -1.96. The van der Waals surface area contributed by atoms with Gasteiger partial charge in [0.25, 0.3) is 0 Å². The fraction of sp³-hybridized carbons (Fsp3) is 0. The second-order valence-corrected chi connectivity index (χ2v) is 8.33. The summed E-state index contributed by atoms with van der Waals surface area (Å²) in [4.78, 5) is 13.7. The van der Waals surface area contributed by atoms with Gasteiger partial charge in [0, 0.05) is 23.5 Å². The van der Waals surface area contributed by atoms with Crippen LogP contribution in [0, 0.1) is 0 Å². The van der Waals surface area contributed by atoms with Crippen LogP contribution in [0.2, 0.25) is 0 Å². The van der Waals surface area contributed by atoms with Crippen LogP contribution in [0.15, 0.2) is 141 Å². The highest BCUT2D eigenvalue weighted by Crippen LogP contribution is 2.11. The van der Waals surface area contributed by atoms with Gasteiger partial charge in [0.2, 0.25) is 0 Å². The summed E-state index contributed by atoms with van der Waals surface area (Å²) in [6.07, 6.45) is -2.33. The number of hydrogen-bond donors (Lipinski definition) is 0. The Labute approximate surface area is 185 Å². The predicted molar refractivity (Wildman–Crippen MR) is 122 cm³/mol. The summed E-state index contributed by atoms with van der Waals surface area (Å²) >= 11 is 2.56. The smallest absolute Gasteiger partial charge is 0.158 e. The number of thiol groups is 2. The van der Waals surface area contributed by atoms with Gasteiger partial charge in [0.1, 0.15) is 0 Å². The molecule has 0 heterocycles. The lowest BCUT2D eigenvalue weighted by molar-refractivity contribution is -0.415. The van der Waals surface area contributed by atoms with Gasteiger partial charge in [-0.15, -0.1) is 0 Å². The molecular weight excluding hydrogens is 412 g/mol. The molecule has 0 bridgehead atoms.